The molecule has 7 heteroatoms. The SMILES string of the molecule is OC(c1ccccc1)(c1ccccc1)C1CCN(C(=S)Nc2ccc(OC(F)F)cc2)CC1. The molecule has 0 aromatic heterocycles. The van der Waals surface area contributed by atoms with Crippen LogP contribution in [0.25, 0.3) is 0 Å². The topological polar surface area (TPSA) is 44.7 Å². The van der Waals surface area contributed by atoms with E-state index >= 15 is 0 Å². The summed E-state index contributed by atoms with van der Waals surface area (Å²) < 4.78 is 29.0. The number of ether oxygens (including phenoxy) is 1. The third kappa shape index (κ3) is 5.31. The van der Waals surface area contributed by atoms with Crippen LogP contribution in [0.1, 0.15) is 24.0 Å². The highest BCUT2D eigenvalue weighted by molar-refractivity contribution is 7.80. The van der Waals surface area contributed by atoms with Gasteiger partial charge in [0, 0.05) is 18.8 Å². The number of thiocarbonyl (C=S) groups is 1. The number of aliphatic hydroxyl groups is 1. The zero-order chi connectivity index (χ0) is 23.3. The number of nitrogens with zero attached hydrogens (tertiary/aromatic N) is 1. The first-order valence-electron chi connectivity index (χ1n) is 10.9. The molecule has 172 valence electrons. The molecule has 4 rings (SSSR count). The van der Waals surface area contributed by atoms with Crippen LogP contribution in [0.3, 0.4) is 0 Å². The van der Waals surface area contributed by atoms with Crippen molar-refractivity contribution in [2.24, 2.45) is 5.92 Å². The second-order valence-electron chi connectivity index (χ2n) is 8.09. The van der Waals surface area contributed by atoms with Gasteiger partial charge in [0.05, 0.1) is 0 Å². The lowest BCUT2D eigenvalue weighted by molar-refractivity contribution is -0.0498. The summed E-state index contributed by atoms with van der Waals surface area (Å²) in [7, 11) is 0. The summed E-state index contributed by atoms with van der Waals surface area (Å²) in [6.07, 6.45) is 1.53. The summed E-state index contributed by atoms with van der Waals surface area (Å²) in [6, 6.07) is 25.9. The Labute approximate surface area is 197 Å². The van der Waals surface area contributed by atoms with E-state index in [2.05, 4.69) is 15.0 Å². The molecule has 3 aromatic carbocycles. The molecule has 0 atom stereocenters. The minimum absolute atomic E-state index is 0.0344. The molecule has 4 nitrogen and oxygen atoms in total. The minimum Gasteiger partial charge on any atom is -0.435 e. The molecule has 0 radical (unpaired) electrons. The van der Waals surface area contributed by atoms with Crippen molar-refractivity contribution in [3.05, 3.63) is 96.1 Å². The van der Waals surface area contributed by atoms with Crippen LogP contribution in [-0.2, 0) is 5.60 Å². The molecule has 3 aromatic rings. The Morgan fingerprint density at radius 2 is 1.42 bits per heavy atom. The second-order valence-corrected chi connectivity index (χ2v) is 8.48. The van der Waals surface area contributed by atoms with Gasteiger partial charge >= 0.3 is 6.61 Å². The molecule has 1 aliphatic rings. The van der Waals surface area contributed by atoms with Crippen LogP contribution in [0.5, 0.6) is 5.75 Å². The Bertz CT molecular complexity index is 1000. The number of hydrogen-bond acceptors (Lipinski definition) is 3. The number of rotatable bonds is 6. The lowest BCUT2D eigenvalue weighted by atomic mass is 9.72. The Morgan fingerprint density at radius 3 is 1.91 bits per heavy atom. The fraction of sp³-hybridized carbons (Fsp3) is 0.269. The largest absolute Gasteiger partial charge is 0.435 e. The summed E-state index contributed by atoms with van der Waals surface area (Å²) in [6.45, 7) is -1.45. The number of hydrogen-bond donors (Lipinski definition) is 2. The molecule has 0 saturated carbocycles. The number of halogens is 2. The maximum absolute atomic E-state index is 12.3. The highest BCUT2D eigenvalue weighted by Crippen LogP contribution is 2.42. The zero-order valence-electron chi connectivity index (χ0n) is 18.0. The number of likely N-dealkylation sites (tertiary alicyclic amines) is 1. The number of anilines is 1. The molecule has 33 heavy (non-hydrogen) atoms. The van der Waals surface area contributed by atoms with Gasteiger partial charge in [-0.1, -0.05) is 60.7 Å². The van der Waals surface area contributed by atoms with Gasteiger partial charge < -0.3 is 20.1 Å². The Balaban J connectivity index is 1.43. The first-order chi connectivity index (χ1) is 16.0. The molecule has 0 aliphatic carbocycles. The second kappa shape index (κ2) is 10.3. The van der Waals surface area contributed by atoms with Crippen LogP contribution in [0.2, 0.25) is 0 Å². The van der Waals surface area contributed by atoms with Crippen LogP contribution in [-0.4, -0.2) is 34.8 Å². The molecular formula is C26H26F2N2O2S. The number of alkyl halides is 2. The van der Waals surface area contributed by atoms with E-state index in [1.54, 1.807) is 12.1 Å². The lowest BCUT2D eigenvalue weighted by Gasteiger charge is -2.43. The molecule has 1 aliphatic heterocycles. The van der Waals surface area contributed by atoms with Crippen molar-refractivity contribution >= 4 is 23.0 Å². The van der Waals surface area contributed by atoms with Crippen LogP contribution < -0.4 is 10.1 Å². The zero-order valence-corrected chi connectivity index (χ0v) is 18.8. The van der Waals surface area contributed by atoms with Crippen molar-refractivity contribution < 1.29 is 18.6 Å². The van der Waals surface area contributed by atoms with Crippen molar-refractivity contribution in [2.75, 3.05) is 18.4 Å². The van der Waals surface area contributed by atoms with E-state index in [0.717, 1.165) is 24.0 Å². The third-order valence-corrected chi connectivity index (χ3v) is 6.49. The normalized spacial score (nSPS) is 14.8. The Morgan fingerprint density at radius 1 is 0.909 bits per heavy atom. The number of nitrogens with one attached hydrogen (secondary N) is 1. The summed E-state index contributed by atoms with van der Waals surface area (Å²) in [5.74, 6) is 0.135. The van der Waals surface area contributed by atoms with E-state index in [1.165, 1.54) is 12.1 Å². The summed E-state index contributed by atoms with van der Waals surface area (Å²) in [5, 5.41) is 15.7. The summed E-state index contributed by atoms with van der Waals surface area (Å²) in [4.78, 5) is 2.08. The van der Waals surface area contributed by atoms with Crippen molar-refractivity contribution in [3.63, 3.8) is 0 Å². The van der Waals surface area contributed by atoms with Crippen LogP contribution >= 0.6 is 12.2 Å². The fourth-order valence-electron chi connectivity index (χ4n) is 4.45. The first-order valence-corrected chi connectivity index (χ1v) is 11.3. The molecule has 0 bridgehead atoms. The minimum atomic E-state index is -2.85. The number of benzene rings is 3. The van der Waals surface area contributed by atoms with Gasteiger partial charge in [-0.15, -0.1) is 0 Å². The smallest absolute Gasteiger partial charge is 0.387 e. The Hall–Kier alpha value is -3.03. The van der Waals surface area contributed by atoms with E-state index in [9.17, 15) is 13.9 Å². The molecule has 1 heterocycles. The maximum atomic E-state index is 12.3. The van der Waals surface area contributed by atoms with Crippen molar-refractivity contribution in [3.8, 4) is 5.75 Å². The molecule has 1 fully saturated rings. The van der Waals surface area contributed by atoms with Gasteiger partial charge in [-0.2, -0.15) is 8.78 Å². The van der Waals surface area contributed by atoms with Gasteiger partial charge in [0.2, 0.25) is 0 Å². The summed E-state index contributed by atoms with van der Waals surface area (Å²) in [5.41, 5.74) is 1.40. The van der Waals surface area contributed by atoms with Gasteiger partial charge in [-0.05, 0) is 66.4 Å². The first kappa shape index (κ1) is 23.1. The Kier molecular flexibility index (Phi) is 7.20. The number of piperidine rings is 1. The average Bonchev–Trinajstić information content (AvgIpc) is 2.85. The predicted octanol–water partition coefficient (Wildman–Crippen LogP) is 5.63. The molecule has 0 amide bonds. The third-order valence-electron chi connectivity index (χ3n) is 6.13. The van der Waals surface area contributed by atoms with Crippen molar-refractivity contribution in [1.82, 2.24) is 4.90 Å². The molecule has 0 unspecified atom stereocenters. The molecule has 0 spiro atoms. The van der Waals surface area contributed by atoms with E-state index < -0.39 is 12.2 Å². The maximum Gasteiger partial charge on any atom is 0.387 e. The van der Waals surface area contributed by atoms with Gasteiger partial charge in [0.15, 0.2) is 5.11 Å². The van der Waals surface area contributed by atoms with Gasteiger partial charge in [0.1, 0.15) is 11.4 Å². The van der Waals surface area contributed by atoms with E-state index in [-0.39, 0.29) is 11.7 Å². The quantitative estimate of drug-likeness (QED) is 0.459. The van der Waals surface area contributed by atoms with E-state index in [1.807, 2.05) is 60.7 Å². The highest BCUT2D eigenvalue weighted by atomic mass is 32.1. The van der Waals surface area contributed by atoms with Crippen LogP contribution in [0.15, 0.2) is 84.9 Å². The van der Waals surface area contributed by atoms with Crippen molar-refractivity contribution in [1.29, 1.82) is 0 Å². The van der Waals surface area contributed by atoms with Crippen molar-refractivity contribution in [2.45, 2.75) is 25.1 Å². The van der Waals surface area contributed by atoms with Gasteiger partial charge in [0.25, 0.3) is 0 Å². The molecule has 2 N–H and O–H groups in total. The standard InChI is InChI=1S/C26H26F2N2O2S/c27-24(28)32-23-13-11-22(12-14-23)29-25(33)30-17-15-21(16-18-30)26(31,19-7-3-1-4-8-19)20-9-5-2-6-10-20/h1-14,21,24,31H,15-18H2,(H,29,33). The van der Waals surface area contributed by atoms with Crippen LogP contribution in [0, 0.1) is 5.92 Å². The lowest BCUT2D eigenvalue weighted by Crippen LogP contribution is -2.47. The van der Waals surface area contributed by atoms with Gasteiger partial charge in [-0.25, -0.2) is 0 Å². The monoisotopic (exact) mass is 468 g/mol. The van der Waals surface area contributed by atoms with E-state index in [4.69, 9.17) is 12.2 Å². The highest BCUT2D eigenvalue weighted by Gasteiger charge is 2.41. The molecule has 1 saturated heterocycles. The molecular weight excluding hydrogens is 442 g/mol. The summed E-state index contributed by atoms with van der Waals surface area (Å²) >= 11 is 5.58. The van der Waals surface area contributed by atoms with E-state index in [0.29, 0.717) is 23.9 Å². The van der Waals surface area contributed by atoms with Gasteiger partial charge in [-0.3, -0.25) is 0 Å². The average molecular weight is 469 g/mol. The fourth-order valence-corrected chi connectivity index (χ4v) is 4.75. The van der Waals surface area contributed by atoms with Crippen LogP contribution in [0.4, 0.5) is 14.5 Å². The predicted molar refractivity (Wildman–Crippen MR) is 129 cm³/mol.